The van der Waals surface area contributed by atoms with Gasteiger partial charge >= 0.3 is 0 Å². The first-order valence-corrected chi connectivity index (χ1v) is 10.4. The van der Waals surface area contributed by atoms with Crippen LogP contribution in [0.5, 0.6) is 0 Å². The normalized spacial score (nSPS) is 11.5. The summed E-state index contributed by atoms with van der Waals surface area (Å²) < 4.78 is 31.0. The SMILES string of the molecule is Cc1cccc(S(=O)(=O)c2ccc(CNC(=O)c3cc4ccncc4o3)cc2)c1. The highest BCUT2D eigenvalue weighted by Crippen LogP contribution is 2.22. The molecule has 0 fully saturated rings. The summed E-state index contributed by atoms with van der Waals surface area (Å²) in [6, 6.07) is 16.7. The van der Waals surface area contributed by atoms with Crippen molar-refractivity contribution >= 4 is 26.7 Å². The topological polar surface area (TPSA) is 89.3 Å². The van der Waals surface area contributed by atoms with E-state index >= 15 is 0 Å². The second-order valence-corrected chi connectivity index (χ2v) is 8.62. The molecule has 1 amide bonds. The Bertz CT molecular complexity index is 1260. The fourth-order valence-electron chi connectivity index (χ4n) is 2.97. The van der Waals surface area contributed by atoms with Crippen molar-refractivity contribution in [1.82, 2.24) is 10.3 Å². The van der Waals surface area contributed by atoms with E-state index in [4.69, 9.17) is 4.42 Å². The number of aryl methyl sites for hydroxylation is 1. The number of carbonyl (C=O) groups is 1. The molecule has 0 saturated heterocycles. The molecule has 2 aromatic carbocycles. The predicted molar refractivity (Wildman–Crippen MR) is 108 cm³/mol. The minimum Gasteiger partial charge on any atom is -0.449 e. The molecule has 0 atom stereocenters. The predicted octanol–water partition coefficient (Wildman–Crippen LogP) is 3.90. The summed E-state index contributed by atoms with van der Waals surface area (Å²) in [7, 11) is -3.58. The average molecular weight is 406 g/mol. The summed E-state index contributed by atoms with van der Waals surface area (Å²) >= 11 is 0. The minimum absolute atomic E-state index is 0.201. The number of aromatic nitrogens is 1. The van der Waals surface area contributed by atoms with Crippen LogP contribution >= 0.6 is 0 Å². The van der Waals surface area contributed by atoms with Crippen molar-refractivity contribution in [2.45, 2.75) is 23.3 Å². The van der Waals surface area contributed by atoms with Gasteiger partial charge in [0.05, 0.1) is 16.0 Å². The smallest absolute Gasteiger partial charge is 0.287 e. The average Bonchev–Trinajstić information content (AvgIpc) is 3.17. The molecule has 7 heteroatoms. The van der Waals surface area contributed by atoms with Crippen molar-refractivity contribution in [1.29, 1.82) is 0 Å². The third-order valence-electron chi connectivity index (χ3n) is 4.53. The van der Waals surface area contributed by atoms with Crippen molar-refractivity contribution in [3.05, 3.63) is 89.9 Å². The molecule has 2 aromatic heterocycles. The van der Waals surface area contributed by atoms with E-state index in [1.54, 1.807) is 67.0 Å². The van der Waals surface area contributed by atoms with Gasteiger partial charge in [-0.1, -0.05) is 24.3 Å². The third-order valence-corrected chi connectivity index (χ3v) is 6.30. The van der Waals surface area contributed by atoms with Crippen molar-refractivity contribution in [2.24, 2.45) is 0 Å². The molecule has 0 aliphatic carbocycles. The highest BCUT2D eigenvalue weighted by Gasteiger charge is 2.18. The van der Waals surface area contributed by atoms with Gasteiger partial charge in [0, 0.05) is 18.1 Å². The number of carbonyl (C=O) groups excluding carboxylic acids is 1. The summed E-state index contributed by atoms with van der Waals surface area (Å²) in [6.45, 7) is 2.10. The Morgan fingerprint density at radius 2 is 1.83 bits per heavy atom. The number of pyridine rings is 1. The second kappa shape index (κ2) is 7.52. The number of fused-ring (bicyclic) bond motifs is 1. The first-order chi connectivity index (χ1) is 13.9. The molecule has 0 aliphatic heterocycles. The number of nitrogens with one attached hydrogen (secondary N) is 1. The van der Waals surface area contributed by atoms with Crippen molar-refractivity contribution in [3.63, 3.8) is 0 Å². The number of hydrogen-bond acceptors (Lipinski definition) is 5. The largest absolute Gasteiger partial charge is 0.449 e. The summed E-state index contributed by atoms with van der Waals surface area (Å²) in [5.41, 5.74) is 2.20. The zero-order valence-corrected chi connectivity index (χ0v) is 16.4. The van der Waals surface area contributed by atoms with Gasteiger partial charge in [-0.05, 0) is 54.4 Å². The Balaban J connectivity index is 1.46. The lowest BCUT2D eigenvalue weighted by Gasteiger charge is -2.07. The summed E-state index contributed by atoms with van der Waals surface area (Å²) in [6.07, 6.45) is 3.19. The molecular formula is C22H18N2O4S. The van der Waals surface area contributed by atoms with Crippen LogP contribution in [0.1, 0.15) is 21.7 Å². The zero-order chi connectivity index (χ0) is 20.4. The Morgan fingerprint density at radius 1 is 1.03 bits per heavy atom. The maximum absolute atomic E-state index is 12.7. The number of amides is 1. The molecular weight excluding hydrogens is 388 g/mol. The molecule has 0 spiro atoms. The molecule has 2 heterocycles. The van der Waals surface area contributed by atoms with Gasteiger partial charge < -0.3 is 9.73 Å². The second-order valence-electron chi connectivity index (χ2n) is 6.67. The zero-order valence-electron chi connectivity index (χ0n) is 15.6. The molecule has 146 valence electrons. The Labute approximate surface area is 168 Å². The molecule has 29 heavy (non-hydrogen) atoms. The van der Waals surface area contributed by atoms with Gasteiger partial charge in [-0.25, -0.2) is 8.42 Å². The highest BCUT2D eigenvalue weighted by atomic mass is 32.2. The van der Waals surface area contributed by atoms with Crippen LogP contribution in [0.3, 0.4) is 0 Å². The van der Waals surface area contributed by atoms with E-state index in [-0.39, 0.29) is 28.0 Å². The fourth-order valence-corrected chi connectivity index (χ4v) is 4.34. The molecule has 4 aromatic rings. The Kier molecular flexibility index (Phi) is 4.90. The monoisotopic (exact) mass is 406 g/mol. The van der Waals surface area contributed by atoms with Crippen LogP contribution < -0.4 is 5.32 Å². The molecule has 4 rings (SSSR count). The standard InChI is InChI=1S/C22H18N2O4S/c1-15-3-2-4-19(11-15)29(26,27)18-7-5-16(6-8-18)13-24-22(25)20-12-17-9-10-23-14-21(17)28-20/h2-12,14H,13H2,1H3,(H,24,25). The van der Waals surface area contributed by atoms with Crippen LogP contribution in [0.4, 0.5) is 0 Å². The number of hydrogen-bond donors (Lipinski definition) is 1. The molecule has 0 radical (unpaired) electrons. The maximum Gasteiger partial charge on any atom is 0.287 e. The van der Waals surface area contributed by atoms with Crippen LogP contribution in [0.2, 0.25) is 0 Å². The van der Waals surface area contributed by atoms with Gasteiger partial charge in [0.25, 0.3) is 5.91 Å². The Hall–Kier alpha value is -3.45. The summed E-state index contributed by atoms with van der Waals surface area (Å²) in [5.74, 6) is -0.149. The van der Waals surface area contributed by atoms with Gasteiger partial charge in [0.2, 0.25) is 9.84 Å². The van der Waals surface area contributed by atoms with E-state index < -0.39 is 9.84 Å². The minimum atomic E-state index is -3.58. The highest BCUT2D eigenvalue weighted by molar-refractivity contribution is 7.91. The number of nitrogens with zero attached hydrogens (tertiary/aromatic N) is 1. The van der Waals surface area contributed by atoms with Crippen molar-refractivity contribution in [3.8, 4) is 0 Å². The van der Waals surface area contributed by atoms with E-state index in [1.165, 1.54) is 0 Å². The lowest BCUT2D eigenvalue weighted by molar-refractivity contribution is 0.0925. The van der Waals surface area contributed by atoms with Crippen molar-refractivity contribution in [2.75, 3.05) is 0 Å². The first kappa shape index (κ1) is 18.9. The molecule has 1 N–H and O–H groups in total. The quantitative estimate of drug-likeness (QED) is 0.543. The molecule has 6 nitrogen and oxygen atoms in total. The van der Waals surface area contributed by atoms with Crippen LogP contribution in [-0.2, 0) is 16.4 Å². The van der Waals surface area contributed by atoms with Crippen LogP contribution in [0.25, 0.3) is 11.0 Å². The molecule has 0 bridgehead atoms. The lowest BCUT2D eigenvalue weighted by Crippen LogP contribution is -2.22. The van der Waals surface area contributed by atoms with Crippen molar-refractivity contribution < 1.29 is 17.6 Å². The van der Waals surface area contributed by atoms with Gasteiger partial charge in [-0.2, -0.15) is 0 Å². The number of rotatable bonds is 5. The summed E-state index contributed by atoms with van der Waals surface area (Å²) in [4.78, 5) is 16.7. The first-order valence-electron chi connectivity index (χ1n) is 8.96. The van der Waals surface area contributed by atoms with Crippen LogP contribution in [-0.4, -0.2) is 19.3 Å². The fraction of sp³-hybridized carbons (Fsp3) is 0.0909. The van der Waals surface area contributed by atoms with E-state index in [1.807, 2.05) is 13.0 Å². The van der Waals surface area contributed by atoms with Gasteiger partial charge in [-0.3, -0.25) is 9.78 Å². The van der Waals surface area contributed by atoms with Gasteiger partial charge in [0.1, 0.15) is 0 Å². The maximum atomic E-state index is 12.7. The summed E-state index contributed by atoms with van der Waals surface area (Å²) in [5, 5.41) is 3.57. The third kappa shape index (κ3) is 3.90. The molecule has 0 unspecified atom stereocenters. The van der Waals surface area contributed by atoms with Crippen LogP contribution in [0.15, 0.2) is 87.3 Å². The van der Waals surface area contributed by atoms with E-state index in [9.17, 15) is 13.2 Å². The number of benzene rings is 2. The van der Waals surface area contributed by atoms with E-state index in [0.29, 0.717) is 5.58 Å². The van der Waals surface area contributed by atoms with E-state index in [2.05, 4.69) is 10.3 Å². The molecule has 0 aliphatic rings. The van der Waals surface area contributed by atoms with E-state index in [0.717, 1.165) is 16.5 Å². The number of furan rings is 1. The molecule has 0 saturated carbocycles. The van der Waals surface area contributed by atoms with Gasteiger partial charge in [-0.15, -0.1) is 0 Å². The van der Waals surface area contributed by atoms with Crippen LogP contribution in [0, 0.1) is 6.92 Å². The van der Waals surface area contributed by atoms with Gasteiger partial charge in [0.15, 0.2) is 11.3 Å². The number of sulfone groups is 1. The lowest BCUT2D eigenvalue weighted by atomic mass is 10.2. The Morgan fingerprint density at radius 3 is 2.55 bits per heavy atom.